The maximum atomic E-state index is 12.7. The van der Waals surface area contributed by atoms with E-state index in [9.17, 15) is 4.39 Å². The van der Waals surface area contributed by atoms with Gasteiger partial charge in [0.1, 0.15) is 11.6 Å². The minimum absolute atomic E-state index is 0.260. The summed E-state index contributed by atoms with van der Waals surface area (Å²) in [6, 6.07) is 9.62. The summed E-state index contributed by atoms with van der Waals surface area (Å²) in [6.45, 7) is 0. The Labute approximate surface area is 98.6 Å². The molecule has 0 saturated heterocycles. The van der Waals surface area contributed by atoms with Crippen LogP contribution in [0.4, 0.5) is 10.2 Å². The van der Waals surface area contributed by atoms with E-state index in [0.29, 0.717) is 11.6 Å². The maximum Gasteiger partial charge on any atom is 0.152 e. The minimum atomic E-state index is -0.260. The molecule has 2 aromatic rings. The molecule has 0 amide bonds. The van der Waals surface area contributed by atoms with Gasteiger partial charge in [-0.3, -0.25) is 0 Å². The number of halogens is 1. The van der Waals surface area contributed by atoms with Gasteiger partial charge in [0.05, 0.1) is 13.3 Å². The second-order valence-corrected chi connectivity index (χ2v) is 3.37. The molecule has 0 atom stereocenters. The average Bonchev–Trinajstić information content (AvgIpc) is 2.39. The Hall–Kier alpha value is -2.23. The highest BCUT2D eigenvalue weighted by atomic mass is 19.1. The molecular weight excluding hydrogens is 219 g/mol. The van der Waals surface area contributed by atoms with Crippen molar-refractivity contribution < 1.29 is 9.13 Å². The van der Waals surface area contributed by atoms with Crippen LogP contribution in [0.5, 0.6) is 5.75 Å². The number of rotatable bonds is 3. The van der Waals surface area contributed by atoms with Crippen LogP contribution in [-0.2, 0) is 0 Å². The Morgan fingerprint density at radius 1 is 1.18 bits per heavy atom. The van der Waals surface area contributed by atoms with Crippen molar-refractivity contribution in [3.8, 4) is 5.75 Å². The number of pyridine rings is 1. The van der Waals surface area contributed by atoms with Gasteiger partial charge in [-0.25, -0.2) is 14.4 Å². The minimum Gasteiger partial charge on any atom is -0.495 e. The molecule has 17 heavy (non-hydrogen) atoms. The number of nitrogens with zero attached hydrogens (tertiary/aromatic N) is 2. The van der Waals surface area contributed by atoms with Crippen molar-refractivity contribution in [3.63, 3.8) is 0 Å². The molecule has 0 saturated carbocycles. The molecule has 0 aliphatic rings. The third kappa shape index (κ3) is 3.11. The predicted octanol–water partition coefficient (Wildman–Crippen LogP) is 2.98. The molecular formula is C13H11FN2O. The molecule has 0 N–H and O–H groups in total. The molecule has 86 valence electrons. The number of benzene rings is 1. The molecule has 0 unspecified atom stereocenters. The third-order valence-electron chi connectivity index (χ3n) is 2.17. The van der Waals surface area contributed by atoms with Gasteiger partial charge in [-0.2, -0.15) is 0 Å². The zero-order valence-electron chi connectivity index (χ0n) is 9.30. The van der Waals surface area contributed by atoms with E-state index in [-0.39, 0.29) is 5.82 Å². The lowest BCUT2D eigenvalue weighted by Gasteiger charge is -1.98. The number of ether oxygens (including phenoxy) is 1. The van der Waals surface area contributed by atoms with Gasteiger partial charge in [0.2, 0.25) is 0 Å². The van der Waals surface area contributed by atoms with E-state index < -0.39 is 0 Å². The molecule has 1 heterocycles. The molecule has 0 fully saturated rings. The SMILES string of the molecule is COc1ccc(N=Cc2ccc(F)cc2)nc1. The van der Waals surface area contributed by atoms with Crippen molar-refractivity contribution in [2.75, 3.05) is 7.11 Å². The summed E-state index contributed by atoms with van der Waals surface area (Å²) in [6.07, 6.45) is 3.23. The summed E-state index contributed by atoms with van der Waals surface area (Å²) in [5.41, 5.74) is 0.823. The lowest BCUT2D eigenvalue weighted by atomic mass is 10.2. The van der Waals surface area contributed by atoms with Gasteiger partial charge in [0.15, 0.2) is 5.82 Å². The normalized spacial score (nSPS) is 10.7. The van der Waals surface area contributed by atoms with Gasteiger partial charge in [0, 0.05) is 6.21 Å². The molecule has 0 spiro atoms. The smallest absolute Gasteiger partial charge is 0.152 e. The molecule has 4 heteroatoms. The Balaban J connectivity index is 2.11. The van der Waals surface area contributed by atoms with Crippen molar-refractivity contribution in [1.82, 2.24) is 4.98 Å². The van der Waals surface area contributed by atoms with Crippen LogP contribution in [0.15, 0.2) is 47.6 Å². The van der Waals surface area contributed by atoms with Crippen LogP contribution >= 0.6 is 0 Å². The van der Waals surface area contributed by atoms with Crippen molar-refractivity contribution in [3.05, 3.63) is 54.0 Å². The fourth-order valence-corrected chi connectivity index (χ4v) is 1.26. The first-order valence-corrected chi connectivity index (χ1v) is 5.07. The highest BCUT2D eigenvalue weighted by molar-refractivity contribution is 5.81. The van der Waals surface area contributed by atoms with Crippen LogP contribution in [0.3, 0.4) is 0 Å². The fourth-order valence-electron chi connectivity index (χ4n) is 1.26. The fraction of sp³-hybridized carbons (Fsp3) is 0.0769. The average molecular weight is 230 g/mol. The number of hydrogen-bond donors (Lipinski definition) is 0. The first kappa shape index (κ1) is 11.3. The second kappa shape index (κ2) is 5.21. The third-order valence-corrected chi connectivity index (χ3v) is 2.17. The molecule has 1 aromatic carbocycles. The molecule has 0 radical (unpaired) electrons. The van der Waals surface area contributed by atoms with E-state index in [1.54, 1.807) is 43.8 Å². The van der Waals surface area contributed by atoms with E-state index in [1.807, 2.05) is 0 Å². The summed E-state index contributed by atoms with van der Waals surface area (Å²) in [4.78, 5) is 8.25. The quantitative estimate of drug-likeness (QED) is 0.760. The molecule has 0 bridgehead atoms. The Bertz CT molecular complexity index is 506. The highest BCUT2D eigenvalue weighted by Gasteiger charge is 1.93. The summed E-state index contributed by atoms with van der Waals surface area (Å²) in [7, 11) is 1.58. The number of hydrogen-bond acceptors (Lipinski definition) is 3. The van der Waals surface area contributed by atoms with E-state index in [1.165, 1.54) is 12.1 Å². The van der Waals surface area contributed by atoms with Crippen molar-refractivity contribution >= 4 is 12.0 Å². The van der Waals surface area contributed by atoms with Crippen LogP contribution < -0.4 is 4.74 Å². The van der Waals surface area contributed by atoms with E-state index in [2.05, 4.69) is 9.98 Å². The molecule has 0 aliphatic heterocycles. The highest BCUT2D eigenvalue weighted by Crippen LogP contribution is 2.13. The zero-order chi connectivity index (χ0) is 12.1. The first-order valence-electron chi connectivity index (χ1n) is 5.07. The predicted molar refractivity (Wildman–Crippen MR) is 64.4 cm³/mol. The summed E-state index contributed by atoms with van der Waals surface area (Å²) < 4.78 is 17.7. The summed E-state index contributed by atoms with van der Waals surface area (Å²) in [5, 5.41) is 0. The van der Waals surface area contributed by atoms with Crippen molar-refractivity contribution in [2.45, 2.75) is 0 Å². The van der Waals surface area contributed by atoms with Crippen LogP contribution in [0.25, 0.3) is 0 Å². The van der Waals surface area contributed by atoms with E-state index in [4.69, 9.17) is 4.74 Å². The standard InChI is InChI=1S/C13H11FN2O/c1-17-12-6-7-13(16-9-12)15-8-10-2-4-11(14)5-3-10/h2-9H,1H3. The van der Waals surface area contributed by atoms with Crippen LogP contribution in [0.1, 0.15) is 5.56 Å². The van der Waals surface area contributed by atoms with E-state index >= 15 is 0 Å². The van der Waals surface area contributed by atoms with E-state index in [0.717, 1.165) is 5.56 Å². The topological polar surface area (TPSA) is 34.5 Å². The Morgan fingerprint density at radius 2 is 1.94 bits per heavy atom. The van der Waals surface area contributed by atoms with Gasteiger partial charge in [-0.1, -0.05) is 12.1 Å². The van der Waals surface area contributed by atoms with Crippen LogP contribution in [0, 0.1) is 5.82 Å². The van der Waals surface area contributed by atoms with Crippen LogP contribution in [0.2, 0.25) is 0 Å². The zero-order valence-corrected chi connectivity index (χ0v) is 9.30. The summed E-state index contributed by atoms with van der Waals surface area (Å²) >= 11 is 0. The molecule has 3 nitrogen and oxygen atoms in total. The van der Waals surface area contributed by atoms with Crippen molar-refractivity contribution in [1.29, 1.82) is 0 Å². The molecule has 0 aliphatic carbocycles. The largest absolute Gasteiger partial charge is 0.495 e. The Kier molecular flexibility index (Phi) is 3.45. The monoisotopic (exact) mass is 230 g/mol. The first-order chi connectivity index (χ1) is 8.28. The molecule has 2 rings (SSSR count). The lowest BCUT2D eigenvalue weighted by Crippen LogP contribution is -1.84. The van der Waals surface area contributed by atoms with Gasteiger partial charge in [-0.15, -0.1) is 0 Å². The number of aromatic nitrogens is 1. The van der Waals surface area contributed by atoms with Gasteiger partial charge < -0.3 is 4.74 Å². The molecule has 1 aromatic heterocycles. The van der Waals surface area contributed by atoms with Gasteiger partial charge >= 0.3 is 0 Å². The number of aliphatic imine (C=N–C) groups is 1. The van der Waals surface area contributed by atoms with Gasteiger partial charge in [0.25, 0.3) is 0 Å². The summed E-state index contributed by atoms with van der Waals surface area (Å²) in [5.74, 6) is 1.01. The Morgan fingerprint density at radius 3 is 2.53 bits per heavy atom. The van der Waals surface area contributed by atoms with Gasteiger partial charge in [-0.05, 0) is 29.8 Å². The van der Waals surface area contributed by atoms with Crippen LogP contribution in [-0.4, -0.2) is 18.3 Å². The maximum absolute atomic E-state index is 12.7. The number of methoxy groups -OCH3 is 1. The van der Waals surface area contributed by atoms with Crippen molar-refractivity contribution in [2.24, 2.45) is 4.99 Å². The lowest BCUT2D eigenvalue weighted by molar-refractivity contribution is 0.413. The second-order valence-electron chi connectivity index (χ2n) is 3.37.